The quantitative estimate of drug-likeness (QED) is 0.894. The lowest BCUT2D eigenvalue weighted by atomic mass is 10.1. The summed E-state index contributed by atoms with van der Waals surface area (Å²) in [5.41, 5.74) is 1.59. The molecule has 2 rings (SSSR count). The van der Waals surface area contributed by atoms with Crippen LogP contribution in [0.1, 0.15) is 18.4 Å². The zero-order valence-electron chi connectivity index (χ0n) is 8.96. The average Bonchev–Trinajstić information content (AvgIpc) is 2.79. The molecular weight excluding hydrogens is 266 g/mol. The van der Waals surface area contributed by atoms with Gasteiger partial charge in [0.15, 0.2) is 0 Å². The summed E-state index contributed by atoms with van der Waals surface area (Å²) in [5, 5.41) is 15.8. The van der Waals surface area contributed by atoms with Gasteiger partial charge in [-0.1, -0.05) is 6.07 Å². The van der Waals surface area contributed by atoms with Crippen LogP contribution in [0.25, 0.3) is 0 Å². The monoisotopic (exact) mass is 279 g/mol. The minimum atomic E-state index is 0.533. The van der Waals surface area contributed by atoms with Crippen LogP contribution in [0.4, 0.5) is 5.69 Å². The van der Waals surface area contributed by atoms with E-state index in [1.54, 1.807) is 0 Å². The first-order valence-corrected chi connectivity index (χ1v) is 6.26. The summed E-state index contributed by atoms with van der Waals surface area (Å²) in [7, 11) is 0. The summed E-state index contributed by atoms with van der Waals surface area (Å²) in [4.78, 5) is 0. The third-order valence-electron chi connectivity index (χ3n) is 2.83. The predicted molar refractivity (Wildman–Crippen MR) is 68.4 cm³/mol. The Bertz CT molecular complexity index is 405. The average molecular weight is 280 g/mol. The first kappa shape index (κ1) is 11.4. The van der Waals surface area contributed by atoms with E-state index in [9.17, 15) is 0 Å². The van der Waals surface area contributed by atoms with Crippen LogP contribution >= 0.6 is 15.9 Å². The van der Waals surface area contributed by atoms with Gasteiger partial charge in [-0.3, -0.25) is 0 Å². The van der Waals surface area contributed by atoms with E-state index in [2.05, 4.69) is 32.6 Å². The standard InChI is InChI=1S/C12H14BrN3/c13-11-4-1-5-12(10(11)7-14)16-8-9-3-2-6-15-9/h1,4-5,9,15-16H,2-3,6,8H2. The fraction of sp³-hybridized carbons (Fsp3) is 0.417. The van der Waals surface area contributed by atoms with Crippen molar-refractivity contribution in [3.63, 3.8) is 0 Å². The molecule has 3 nitrogen and oxygen atoms in total. The molecule has 1 heterocycles. The van der Waals surface area contributed by atoms with Gasteiger partial charge in [-0.15, -0.1) is 0 Å². The Balaban J connectivity index is 2.03. The van der Waals surface area contributed by atoms with Gasteiger partial charge in [0.25, 0.3) is 0 Å². The van der Waals surface area contributed by atoms with Crippen molar-refractivity contribution >= 4 is 21.6 Å². The highest BCUT2D eigenvalue weighted by molar-refractivity contribution is 9.10. The summed E-state index contributed by atoms with van der Waals surface area (Å²) >= 11 is 3.38. The van der Waals surface area contributed by atoms with Crippen LogP contribution in [-0.2, 0) is 0 Å². The lowest BCUT2D eigenvalue weighted by Gasteiger charge is -2.13. The fourth-order valence-corrected chi connectivity index (χ4v) is 2.40. The van der Waals surface area contributed by atoms with Crippen LogP contribution in [0.2, 0.25) is 0 Å². The highest BCUT2D eigenvalue weighted by atomic mass is 79.9. The summed E-state index contributed by atoms with van der Waals surface area (Å²) in [6, 6.07) is 8.51. The van der Waals surface area contributed by atoms with Crippen molar-refractivity contribution in [2.24, 2.45) is 0 Å². The summed E-state index contributed by atoms with van der Waals surface area (Å²) in [6.45, 7) is 1.99. The molecule has 84 valence electrons. The summed E-state index contributed by atoms with van der Waals surface area (Å²) < 4.78 is 0.847. The second-order valence-corrected chi connectivity index (χ2v) is 4.80. The first-order chi connectivity index (χ1) is 7.81. The third-order valence-corrected chi connectivity index (χ3v) is 3.49. The number of anilines is 1. The Morgan fingerprint density at radius 1 is 1.56 bits per heavy atom. The van der Waals surface area contributed by atoms with Crippen LogP contribution in [0.3, 0.4) is 0 Å². The van der Waals surface area contributed by atoms with Crippen LogP contribution < -0.4 is 10.6 Å². The molecule has 0 aromatic heterocycles. The molecule has 1 fully saturated rings. The minimum absolute atomic E-state index is 0.533. The Hall–Kier alpha value is -1.05. The van der Waals surface area contributed by atoms with Gasteiger partial charge in [0.05, 0.1) is 11.3 Å². The van der Waals surface area contributed by atoms with Gasteiger partial charge in [0, 0.05) is 17.1 Å². The number of hydrogen-bond donors (Lipinski definition) is 2. The van der Waals surface area contributed by atoms with E-state index in [1.165, 1.54) is 12.8 Å². The molecule has 1 atom stereocenters. The Labute approximate surface area is 104 Å². The first-order valence-electron chi connectivity index (χ1n) is 5.47. The lowest BCUT2D eigenvalue weighted by Crippen LogP contribution is -2.29. The van der Waals surface area contributed by atoms with Crippen LogP contribution in [0, 0.1) is 11.3 Å². The number of rotatable bonds is 3. The SMILES string of the molecule is N#Cc1c(Br)cccc1NCC1CCCN1. The van der Waals surface area contributed by atoms with Gasteiger partial charge in [-0.2, -0.15) is 5.26 Å². The molecule has 1 aliphatic rings. The zero-order chi connectivity index (χ0) is 11.4. The number of nitrogens with one attached hydrogen (secondary N) is 2. The van der Waals surface area contributed by atoms with Crippen molar-refractivity contribution < 1.29 is 0 Å². The maximum Gasteiger partial charge on any atom is 0.103 e. The second kappa shape index (κ2) is 5.33. The van der Waals surface area contributed by atoms with Crippen LogP contribution in [0.5, 0.6) is 0 Å². The molecule has 0 bridgehead atoms. The normalized spacial score (nSPS) is 19.4. The van der Waals surface area contributed by atoms with Crippen LogP contribution in [0.15, 0.2) is 22.7 Å². The molecule has 16 heavy (non-hydrogen) atoms. The van der Waals surface area contributed by atoms with Gasteiger partial charge in [0.1, 0.15) is 6.07 Å². The Kier molecular flexibility index (Phi) is 3.81. The Morgan fingerprint density at radius 3 is 3.12 bits per heavy atom. The zero-order valence-corrected chi connectivity index (χ0v) is 10.5. The van der Waals surface area contributed by atoms with Gasteiger partial charge < -0.3 is 10.6 Å². The van der Waals surface area contributed by atoms with Crippen molar-refractivity contribution in [1.82, 2.24) is 5.32 Å². The van der Waals surface area contributed by atoms with Crippen molar-refractivity contribution in [2.45, 2.75) is 18.9 Å². The van der Waals surface area contributed by atoms with Crippen molar-refractivity contribution in [3.8, 4) is 6.07 Å². The Morgan fingerprint density at radius 2 is 2.44 bits per heavy atom. The van der Waals surface area contributed by atoms with Crippen molar-refractivity contribution in [2.75, 3.05) is 18.4 Å². The maximum atomic E-state index is 9.06. The molecule has 1 aromatic rings. The molecule has 1 unspecified atom stereocenters. The predicted octanol–water partition coefficient (Wildman–Crippen LogP) is 2.48. The van der Waals surface area contributed by atoms with E-state index in [0.29, 0.717) is 11.6 Å². The third kappa shape index (κ3) is 2.55. The summed E-state index contributed by atoms with van der Waals surface area (Å²) in [6.07, 6.45) is 2.46. The van der Waals surface area contributed by atoms with Crippen LogP contribution in [-0.4, -0.2) is 19.1 Å². The van der Waals surface area contributed by atoms with E-state index >= 15 is 0 Å². The molecule has 2 N–H and O–H groups in total. The molecule has 0 amide bonds. The molecule has 0 saturated carbocycles. The van der Waals surface area contributed by atoms with Gasteiger partial charge in [-0.05, 0) is 47.4 Å². The van der Waals surface area contributed by atoms with Gasteiger partial charge in [-0.25, -0.2) is 0 Å². The summed E-state index contributed by atoms with van der Waals surface area (Å²) in [5.74, 6) is 0. The lowest BCUT2D eigenvalue weighted by molar-refractivity contribution is 0.633. The molecular formula is C12H14BrN3. The smallest absolute Gasteiger partial charge is 0.103 e. The number of benzene rings is 1. The van der Waals surface area contributed by atoms with E-state index < -0.39 is 0 Å². The van der Waals surface area contributed by atoms with E-state index in [0.717, 1.165) is 23.2 Å². The number of hydrogen-bond acceptors (Lipinski definition) is 3. The van der Waals surface area contributed by atoms with E-state index in [1.807, 2.05) is 18.2 Å². The molecule has 0 aliphatic carbocycles. The van der Waals surface area contributed by atoms with Gasteiger partial charge in [0.2, 0.25) is 0 Å². The molecule has 0 spiro atoms. The molecule has 1 aliphatic heterocycles. The largest absolute Gasteiger partial charge is 0.382 e. The fourth-order valence-electron chi connectivity index (χ4n) is 1.95. The van der Waals surface area contributed by atoms with E-state index in [4.69, 9.17) is 5.26 Å². The topological polar surface area (TPSA) is 47.9 Å². The van der Waals surface area contributed by atoms with Crippen molar-refractivity contribution in [1.29, 1.82) is 5.26 Å². The van der Waals surface area contributed by atoms with E-state index in [-0.39, 0.29) is 0 Å². The molecule has 1 aromatic carbocycles. The molecule has 4 heteroatoms. The maximum absolute atomic E-state index is 9.06. The molecule has 1 saturated heterocycles. The highest BCUT2D eigenvalue weighted by Gasteiger charge is 2.14. The number of nitrogens with zero attached hydrogens (tertiary/aromatic N) is 1. The molecule has 0 radical (unpaired) electrons. The number of nitriles is 1. The highest BCUT2D eigenvalue weighted by Crippen LogP contribution is 2.23. The van der Waals surface area contributed by atoms with Crippen molar-refractivity contribution in [3.05, 3.63) is 28.2 Å². The second-order valence-electron chi connectivity index (χ2n) is 3.95. The minimum Gasteiger partial charge on any atom is -0.382 e. The van der Waals surface area contributed by atoms with Gasteiger partial charge >= 0.3 is 0 Å². The number of halogens is 1.